The van der Waals surface area contributed by atoms with Gasteiger partial charge in [-0.15, -0.1) is 0 Å². The van der Waals surface area contributed by atoms with Crippen LogP contribution in [-0.2, 0) is 4.79 Å². The highest BCUT2D eigenvalue weighted by Crippen LogP contribution is 2.17. The minimum absolute atomic E-state index is 0.0841. The second-order valence-corrected chi connectivity index (χ2v) is 5.12. The first-order chi connectivity index (χ1) is 10.1. The molecular weight excluding hydrogens is 266 g/mol. The molecule has 4 N–H and O–H groups in total. The smallest absolute Gasteiger partial charge is 0.253 e. The second kappa shape index (κ2) is 9.13. The van der Waals surface area contributed by atoms with Crippen LogP contribution < -0.4 is 16.4 Å². The lowest BCUT2D eigenvalue weighted by atomic mass is 10.0. The predicted molar refractivity (Wildman–Crippen MR) is 85.1 cm³/mol. The van der Waals surface area contributed by atoms with Crippen LogP contribution in [0, 0.1) is 5.92 Å². The van der Waals surface area contributed by atoms with E-state index in [0.29, 0.717) is 24.3 Å². The van der Waals surface area contributed by atoms with Crippen molar-refractivity contribution in [3.8, 4) is 0 Å². The van der Waals surface area contributed by atoms with Crippen molar-refractivity contribution in [3.05, 3.63) is 29.8 Å². The minimum Gasteiger partial charge on any atom is -0.352 e. The van der Waals surface area contributed by atoms with Gasteiger partial charge in [0.2, 0.25) is 5.91 Å². The lowest BCUT2D eigenvalue weighted by Gasteiger charge is -2.14. The standard InChI is InChI=1S/C16H25N3O2/c1-3-11-18-16(21)13-8-4-5-9-14(13)19-15(20)12(2)7-6-10-17/h4-5,8-9,12H,3,6-7,10-11,17H2,1-2H3,(H,18,21)(H,19,20). The zero-order chi connectivity index (χ0) is 15.7. The third kappa shape index (κ3) is 5.55. The highest BCUT2D eigenvalue weighted by Gasteiger charge is 2.16. The van der Waals surface area contributed by atoms with Crippen molar-refractivity contribution in [1.82, 2.24) is 5.32 Å². The van der Waals surface area contributed by atoms with Gasteiger partial charge in [0.05, 0.1) is 11.3 Å². The molecule has 0 aromatic heterocycles. The Balaban J connectivity index is 2.74. The van der Waals surface area contributed by atoms with E-state index in [1.807, 2.05) is 13.8 Å². The van der Waals surface area contributed by atoms with E-state index in [2.05, 4.69) is 10.6 Å². The fourth-order valence-corrected chi connectivity index (χ4v) is 1.93. The number of anilines is 1. The summed E-state index contributed by atoms with van der Waals surface area (Å²) in [6.45, 7) is 5.06. The lowest BCUT2D eigenvalue weighted by Crippen LogP contribution is -2.27. The zero-order valence-corrected chi connectivity index (χ0v) is 12.8. The Morgan fingerprint density at radius 1 is 1.29 bits per heavy atom. The van der Waals surface area contributed by atoms with Crippen molar-refractivity contribution < 1.29 is 9.59 Å². The average molecular weight is 291 g/mol. The van der Waals surface area contributed by atoms with Crippen LogP contribution in [0.3, 0.4) is 0 Å². The molecule has 0 heterocycles. The van der Waals surface area contributed by atoms with Crippen LogP contribution in [0.4, 0.5) is 5.69 Å². The van der Waals surface area contributed by atoms with E-state index in [0.717, 1.165) is 19.3 Å². The van der Waals surface area contributed by atoms with Gasteiger partial charge in [0.15, 0.2) is 0 Å². The predicted octanol–water partition coefficient (Wildman–Crippen LogP) is 2.14. The second-order valence-electron chi connectivity index (χ2n) is 5.12. The normalized spacial score (nSPS) is 11.8. The minimum atomic E-state index is -0.164. The van der Waals surface area contributed by atoms with Crippen LogP contribution in [0.2, 0.25) is 0 Å². The molecule has 1 unspecified atom stereocenters. The monoisotopic (exact) mass is 291 g/mol. The summed E-state index contributed by atoms with van der Waals surface area (Å²) in [4.78, 5) is 24.2. The first kappa shape index (κ1) is 17.2. The summed E-state index contributed by atoms with van der Waals surface area (Å²) >= 11 is 0. The quantitative estimate of drug-likeness (QED) is 0.686. The summed E-state index contributed by atoms with van der Waals surface area (Å²) in [6.07, 6.45) is 2.43. The summed E-state index contributed by atoms with van der Waals surface area (Å²) in [5.74, 6) is -0.373. The van der Waals surface area contributed by atoms with E-state index in [4.69, 9.17) is 5.73 Å². The van der Waals surface area contributed by atoms with Gasteiger partial charge in [0.25, 0.3) is 5.91 Å². The fourth-order valence-electron chi connectivity index (χ4n) is 1.93. The largest absolute Gasteiger partial charge is 0.352 e. The van der Waals surface area contributed by atoms with Crippen LogP contribution >= 0.6 is 0 Å². The van der Waals surface area contributed by atoms with Gasteiger partial charge in [-0.2, -0.15) is 0 Å². The molecular formula is C16H25N3O2. The number of amides is 2. The topological polar surface area (TPSA) is 84.2 Å². The number of nitrogens with one attached hydrogen (secondary N) is 2. The Kier molecular flexibility index (Phi) is 7.46. The van der Waals surface area contributed by atoms with Crippen molar-refractivity contribution >= 4 is 17.5 Å². The Morgan fingerprint density at radius 3 is 2.67 bits per heavy atom. The number of rotatable bonds is 8. The summed E-state index contributed by atoms with van der Waals surface area (Å²) in [5.41, 5.74) is 6.50. The molecule has 1 aromatic carbocycles. The number of nitrogens with two attached hydrogens (primary N) is 1. The van der Waals surface area contributed by atoms with Gasteiger partial charge in [-0.25, -0.2) is 0 Å². The first-order valence-electron chi connectivity index (χ1n) is 7.48. The molecule has 0 spiro atoms. The van der Waals surface area contributed by atoms with Crippen LogP contribution in [0.25, 0.3) is 0 Å². The summed E-state index contributed by atoms with van der Waals surface area (Å²) in [5, 5.41) is 5.65. The van der Waals surface area contributed by atoms with E-state index >= 15 is 0 Å². The summed E-state index contributed by atoms with van der Waals surface area (Å²) < 4.78 is 0. The molecule has 1 rings (SSSR count). The van der Waals surface area contributed by atoms with Crippen LogP contribution in [0.5, 0.6) is 0 Å². The molecule has 0 saturated carbocycles. The molecule has 0 bridgehead atoms. The SMILES string of the molecule is CCCNC(=O)c1ccccc1NC(=O)C(C)CCCN. The molecule has 0 aliphatic carbocycles. The molecule has 0 aliphatic heterocycles. The van der Waals surface area contributed by atoms with Crippen LogP contribution in [0.15, 0.2) is 24.3 Å². The van der Waals surface area contributed by atoms with E-state index in [1.54, 1.807) is 24.3 Å². The molecule has 5 nitrogen and oxygen atoms in total. The van der Waals surface area contributed by atoms with Crippen LogP contribution in [0.1, 0.15) is 43.5 Å². The number of benzene rings is 1. The third-order valence-corrected chi connectivity index (χ3v) is 3.25. The molecule has 2 amide bonds. The van der Waals surface area contributed by atoms with Gasteiger partial charge in [0.1, 0.15) is 0 Å². The Hall–Kier alpha value is -1.88. The highest BCUT2D eigenvalue weighted by molar-refractivity contribution is 6.04. The maximum absolute atomic E-state index is 12.1. The number of hydrogen-bond acceptors (Lipinski definition) is 3. The number of para-hydroxylation sites is 1. The molecule has 0 radical (unpaired) electrons. The maximum Gasteiger partial charge on any atom is 0.253 e. The molecule has 116 valence electrons. The van der Waals surface area contributed by atoms with E-state index < -0.39 is 0 Å². The molecule has 1 atom stereocenters. The van der Waals surface area contributed by atoms with Crippen LogP contribution in [-0.4, -0.2) is 24.9 Å². The van der Waals surface area contributed by atoms with Gasteiger partial charge in [-0.1, -0.05) is 26.0 Å². The van der Waals surface area contributed by atoms with Crippen molar-refractivity contribution in [3.63, 3.8) is 0 Å². The number of hydrogen-bond donors (Lipinski definition) is 3. The van der Waals surface area contributed by atoms with E-state index in [9.17, 15) is 9.59 Å². The number of carbonyl (C=O) groups excluding carboxylic acids is 2. The number of carbonyl (C=O) groups is 2. The van der Waals surface area contributed by atoms with Gasteiger partial charge in [-0.3, -0.25) is 9.59 Å². The highest BCUT2D eigenvalue weighted by atomic mass is 16.2. The zero-order valence-electron chi connectivity index (χ0n) is 12.8. The summed E-state index contributed by atoms with van der Waals surface area (Å²) in [6, 6.07) is 7.05. The van der Waals surface area contributed by atoms with Gasteiger partial charge >= 0.3 is 0 Å². The third-order valence-electron chi connectivity index (χ3n) is 3.25. The van der Waals surface area contributed by atoms with Gasteiger partial charge in [-0.05, 0) is 37.9 Å². The molecule has 5 heteroatoms. The summed E-state index contributed by atoms with van der Waals surface area (Å²) in [7, 11) is 0. The van der Waals surface area contributed by atoms with Crippen molar-refractivity contribution in [2.75, 3.05) is 18.4 Å². The van der Waals surface area contributed by atoms with Crippen molar-refractivity contribution in [2.24, 2.45) is 11.7 Å². The average Bonchev–Trinajstić information content (AvgIpc) is 2.50. The Labute approximate surface area is 126 Å². The maximum atomic E-state index is 12.1. The fraction of sp³-hybridized carbons (Fsp3) is 0.500. The van der Waals surface area contributed by atoms with Crippen molar-refractivity contribution in [2.45, 2.75) is 33.1 Å². The first-order valence-corrected chi connectivity index (χ1v) is 7.48. The van der Waals surface area contributed by atoms with Crippen molar-refractivity contribution in [1.29, 1.82) is 0 Å². The Morgan fingerprint density at radius 2 is 2.00 bits per heavy atom. The van der Waals surface area contributed by atoms with E-state index in [1.165, 1.54) is 0 Å². The Bertz CT molecular complexity index is 474. The molecule has 0 fully saturated rings. The molecule has 1 aromatic rings. The van der Waals surface area contributed by atoms with Gasteiger partial charge < -0.3 is 16.4 Å². The van der Waals surface area contributed by atoms with E-state index in [-0.39, 0.29) is 17.7 Å². The molecule has 0 saturated heterocycles. The van der Waals surface area contributed by atoms with Gasteiger partial charge in [0, 0.05) is 12.5 Å². The lowest BCUT2D eigenvalue weighted by molar-refractivity contribution is -0.119. The molecule has 0 aliphatic rings. The molecule has 21 heavy (non-hydrogen) atoms.